The van der Waals surface area contributed by atoms with E-state index in [2.05, 4.69) is 13.8 Å². The Morgan fingerprint density at radius 3 is 2.57 bits per heavy atom. The lowest BCUT2D eigenvalue weighted by molar-refractivity contribution is 0.0749. The number of hydrogen-bond donors (Lipinski definition) is 1. The minimum atomic E-state index is 0.0478. The number of anilines is 1. The maximum atomic E-state index is 12.8. The van der Waals surface area contributed by atoms with Crippen LogP contribution in [0.5, 0.6) is 0 Å². The Kier molecular flexibility index (Phi) is 3.57. The molecular weight excluding hydrogens is 280 g/mol. The van der Waals surface area contributed by atoms with Gasteiger partial charge in [-0.05, 0) is 36.8 Å². The molecule has 0 unspecified atom stereocenters. The van der Waals surface area contributed by atoms with Crippen LogP contribution in [-0.4, -0.2) is 34.4 Å². The summed E-state index contributed by atoms with van der Waals surface area (Å²) in [5.74, 6) is 1.03. The van der Waals surface area contributed by atoms with Gasteiger partial charge in [-0.2, -0.15) is 11.8 Å². The van der Waals surface area contributed by atoms with E-state index in [0.29, 0.717) is 11.3 Å². The summed E-state index contributed by atoms with van der Waals surface area (Å²) in [6.45, 7) is 5.92. The first-order valence-corrected chi connectivity index (χ1v) is 8.16. The van der Waals surface area contributed by atoms with Gasteiger partial charge in [0.2, 0.25) is 0 Å². The van der Waals surface area contributed by atoms with E-state index in [1.165, 1.54) is 0 Å². The molecule has 0 radical (unpaired) electrons. The van der Waals surface area contributed by atoms with E-state index in [1.54, 1.807) is 0 Å². The van der Waals surface area contributed by atoms with Crippen LogP contribution in [0.15, 0.2) is 36.4 Å². The average Bonchev–Trinajstić information content (AvgIpc) is 2.44. The number of benzene rings is 2. The van der Waals surface area contributed by atoms with E-state index in [-0.39, 0.29) is 10.7 Å². The summed E-state index contributed by atoms with van der Waals surface area (Å²) in [6, 6.07) is 11.8. The largest absolute Gasteiger partial charge is 0.398 e. The lowest BCUT2D eigenvalue weighted by Crippen LogP contribution is -2.46. The van der Waals surface area contributed by atoms with Gasteiger partial charge < -0.3 is 10.6 Å². The van der Waals surface area contributed by atoms with Crippen molar-refractivity contribution in [1.29, 1.82) is 0 Å². The van der Waals surface area contributed by atoms with Gasteiger partial charge in [0.15, 0.2) is 0 Å². The van der Waals surface area contributed by atoms with Crippen molar-refractivity contribution >= 4 is 34.1 Å². The monoisotopic (exact) mass is 300 g/mol. The molecule has 1 saturated heterocycles. The van der Waals surface area contributed by atoms with Gasteiger partial charge in [0.1, 0.15) is 0 Å². The molecule has 1 fully saturated rings. The van der Waals surface area contributed by atoms with Gasteiger partial charge in [-0.3, -0.25) is 4.79 Å². The summed E-state index contributed by atoms with van der Waals surface area (Å²) in [5, 5.41) is 2.13. The van der Waals surface area contributed by atoms with Crippen molar-refractivity contribution in [2.24, 2.45) is 0 Å². The quantitative estimate of drug-likeness (QED) is 0.821. The molecule has 1 heterocycles. The molecule has 21 heavy (non-hydrogen) atoms. The molecule has 0 saturated carbocycles. The molecule has 0 spiro atoms. The SMILES string of the molecule is CC1(C)CN(C(=O)c2cc3ccccc3cc2N)CCS1. The maximum absolute atomic E-state index is 12.8. The predicted octanol–water partition coefficient (Wildman–Crippen LogP) is 3.39. The van der Waals surface area contributed by atoms with Gasteiger partial charge in [-0.15, -0.1) is 0 Å². The highest BCUT2D eigenvalue weighted by molar-refractivity contribution is 8.00. The van der Waals surface area contributed by atoms with Crippen LogP contribution in [0.25, 0.3) is 10.8 Å². The summed E-state index contributed by atoms with van der Waals surface area (Å²) in [7, 11) is 0. The molecule has 2 aromatic rings. The molecule has 4 heteroatoms. The first kappa shape index (κ1) is 14.3. The second-order valence-electron chi connectivity index (χ2n) is 6.12. The first-order chi connectivity index (χ1) is 9.96. The van der Waals surface area contributed by atoms with Gasteiger partial charge >= 0.3 is 0 Å². The number of amides is 1. The van der Waals surface area contributed by atoms with Gasteiger partial charge in [0, 0.05) is 29.3 Å². The Morgan fingerprint density at radius 2 is 1.90 bits per heavy atom. The van der Waals surface area contributed by atoms with Crippen molar-refractivity contribution in [2.75, 3.05) is 24.6 Å². The highest BCUT2D eigenvalue weighted by Crippen LogP contribution is 2.31. The van der Waals surface area contributed by atoms with E-state index in [0.717, 1.165) is 29.6 Å². The minimum Gasteiger partial charge on any atom is -0.398 e. The average molecular weight is 300 g/mol. The Balaban J connectivity index is 1.96. The van der Waals surface area contributed by atoms with E-state index < -0.39 is 0 Å². The van der Waals surface area contributed by atoms with E-state index >= 15 is 0 Å². The summed E-state index contributed by atoms with van der Waals surface area (Å²) in [6.07, 6.45) is 0. The number of hydrogen-bond acceptors (Lipinski definition) is 3. The third-order valence-corrected chi connectivity index (χ3v) is 5.16. The smallest absolute Gasteiger partial charge is 0.256 e. The van der Waals surface area contributed by atoms with Gasteiger partial charge in [0.05, 0.1) is 5.56 Å². The number of rotatable bonds is 1. The van der Waals surface area contributed by atoms with Crippen molar-refractivity contribution < 1.29 is 4.79 Å². The van der Waals surface area contributed by atoms with Crippen LogP contribution < -0.4 is 5.73 Å². The number of thioether (sulfide) groups is 1. The predicted molar refractivity (Wildman–Crippen MR) is 90.8 cm³/mol. The molecule has 3 rings (SSSR count). The number of nitrogens with zero attached hydrogens (tertiary/aromatic N) is 1. The van der Waals surface area contributed by atoms with Gasteiger partial charge in [-0.1, -0.05) is 24.3 Å². The fourth-order valence-electron chi connectivity index (χ4n) is 2.80. The van der Waals surface area contributed by atoms with Gasteiger partial charge in [0.25, 0.3) is 5.91 Å². The van der Waals surface area contributed by atoms with Crippen LogP contribution >= 0.6 is 11.8 Å². The molecule has 1 aliphatic heterocycles. The zero-order chi connectivity index (χ0) is 15.0. The molecule has 0 bridgehead atoms. The van der Waals surface area contributed by atoms with Crippen molar-refractivity contribution in [3.63, 3.8) is 0 Å². The zero-order valence-electron chi connectivity index (χ0n) is 12.4. The van der Waals surface area contributed by atoms with Crippen LogP contribution in [-0.2, 0) is 0 Å². The Morgan fingerprint density at radius 1 is 1.24 bits per heavy atom. The first-order valence-electron chi connectivity index (χ1n) is 7.18. The standard InChI is InChI=1S/C17H20N2OS/c1-17(2)11-19(7-8-21-17)16(20)14-9-12-5-3-4-6-13(12)10-15(14)18/h3-6,9-10H,7-8,11,18H2,1-2H3. The fourth-order valence-corrected chi connectivity index (χ4v) is 3.91. The molecular formula is C17H20N2OS. The number of nitrogen functional groups attached to an aromatic ring is 1. The Bertz CT molecular complexity index is 696. The lowest BCUT2D eigenvalue weighted by Gasteiger charge is -2.37. The maximum Gasteiger partial charge on any atom is 0.256 e. The van der Waals surface area contributed by atoms with Crippen molar-refractivity contribution in [3.05, 3.63) is 42.0 Å². The minimum absolute atomic E-state index is 0.0478. The second kappa shape index (κ2) is 5.26. The van der Waals surface area contributed by atoms with Crippen LogP contribution in [0, 0.1) is 0 Å². The summed E-state index contributed by atoms with van der Waals surface area (Å²) in [4.78, 5) is 14.7. The van der Waals surface area contributed by atoms with Crippen LogP contribution in [0.3, 0.4) is 0 Å². The molecule has 110 valence electrons. The molecule has 2 aromatic carbocycles. The molecule has 0 aliphatic carbocycles. The van der Waals surface area contributed by atoms with E-state index in [9.17, 15) is 4.79 Å². The van der Waals surface area contributed by atoms with Crippen LogP contribution in [0.2, 0.25) is 0 Å². The summed E-state index contributed by atoms with van der Waals surface area (Å²) in [5.41, 5.74) is 7.30. The van der Waals surface area contributed by atoms with Crippen molar-refractivity contribution in [2.45, 2.75) is 18.6 Å². The highest BCUT2D eigenvalue weighted by atomic mass is 32.2. The van der Waals surface area contributed by atoms with Crippen LogP contribution in [0.1, 0.15) is 24.2 Å². The van der Waals surface area contributed by atoms with E-state index in [4.69, 9.17) is 5.73 Å². The van der Waals surface area contributed by atoms with Crippen molar-refractivity contribution in [3.8, 4) is 0 Å². The number of fused-ring (bicyclic) bond motifs is 1. The fraction of sp³-hybridized carbons (Fsp3) is 0.353. The lowest BCUT2D eigenvalue weighted by atomic mass is 10.0. The third kappa shape index (κ3) is 2.86. The summed E-state index contributed by atoms with van der Waals surface area (Å²) >= 11 is 1.92. The normalized spacial score (nSPS) is 17.9. The van der Waals surface area contributed by atoms with E-state index in [1.807, 2.05) is 53.1 Å². The molecule has 1 amide bonds. The number of carbonyl (C=O) groups is 1. The van der Waals surface area contributed by atoms with Crippen molar-refractivity contribution in [1.82, 2.24) is 4.90 Å². The molecule has 0 atom stereocenters. The highest BCUT2D eigenvalue weighted by Gasteiger charge is 2.30. The third-order valence-electron chi connectivity index (χ3n) is 3.86. The second-order valence-corrected chi connectivity index (χ2v) is 7.92. The molecule has 3 nitrogen and oxygen atoms in total. The van der Waals surface area contributed by atoms with Gasteiger partial charge in [-0.25, -0.2) is 0 Å². The molecule has 0 aromatic heterocycles. The molecule has 2 N–H and O–H groups in total. The number of nitrogens with two attached hydrogens (primary N) is 1. The summed E-state index contributed by atoms with van der Waals surface area (Å²) < 4.78 is 0.111. The zero-order valence-corrected chi connectivity index (χ0v) is 13.2. The van der Waals surface area contributed by atoms with Crippen LogP contribution in [0.4, 0.5) is 5.69 Å². The topological polar surface area (TPSA) is 46.3 Å². The molecule has 1 aliphatic rings. The Labute approximate surface area is 129 Å². The Hall–Kier alpha value is -1.68. The number of carbonyl (C=O) groups excluding carboxylic acids is 1.